The summed E-state index contributed by atoms with van der Waals surface area (Å²) in [5.41, 5.74) is 0. The molecule has 0 spiro atoms. The average molecular weight is 298 g/mol. The van der Waals surface area contributed by atoms with E-state index in [-0.39, 0.29) is 18.0 Å². The van der Waals surface area contributed by atoms with Crippen LogP contribution >= 0.6 is 0 Å². The predicted molar refractivity (Wildman–Crippen MR) is 81.9 cm³/mol. The van der Waals surface area contributed by atoms with Crippen LogP contribution in [0.15, 0.2) is 0 Å². The molecule has 0 N–H and O–H groups in total. The molecule has 0 aromatic carbocycles. The minimum Gasteiger partial charge on any atom is -0.469 e. The number of methoxy groups -OCH3 is 1. The van der Waals surface area contributed by atoms with E-state index in [1.165, 1.54) is 45.6 Å². The summed E-state index contributed by atoms with van der Waals surface area (Å²) >= 11 is 0. The largest absolute Gasteiger partial charge is 0.469 e. The summed E-state index contributed by atoms with van der Waals surface area (Å²) in [5, 5.41) is 0. The van der Waals surface area contributed by atoms with Gasteiger partial charge in [0.05, 0.1) is 7.11 Å². The van der Waals surface area contributed by atoms with Gasteiger partial charge in [-0.15, -0.1) is 0 Å². The highest BCUT2D eigenvalue weighted by atomic mass is 16.5. The first-order valence-corrected chi connectivity index (χ1v) is 8.48. The minimum atomic E-state index is -0.0987. The molecule has 1 unspecified atom stereocenters. The number of carbonyl (C=O) groups excluding carboxylic acids is 2. The molecule has 0 bridgehead atoms. The van der Waals surface area contributed by atoms with Gasteiger partial charge in [0, 0.05) is 12.8 Å². The van der Waals surface area contributed by atoms with Gasteiger partial charge in [0.1, 0.15) is 6.10 Å². The van der Waals surface area contributed by atoms with Gasteiger partial charge in [0.2, 0.25) is 0 Å². The third kappa shape index (κ3) is 9.48. The smallest absolute Gasteiger partial charge is 0.306 e. The van der Waals surface area contributed by atoms with Gasteiger partial charge in [0.25, 0.3) is 0 Å². The van der Waals surface area contributed by atoms with Crippen LogP contribution in [0.3, 0.4) is 0 Å². The zero-order valence-electron chi connectivity index (χ0n) is 13.4. The Labute approximate surface area is 128 Å². The number of unbranched alkanes of at least 4 members (excludes halogenated alkanes) is 7. The van der Waals surface area contributed by atoms with E-state index < -0.39 is 0 Å². The summed E-state index contributed by atoms with van der Waals surface area (Å²) in [6.07, 6.45) is 13.9. The summed E-state index contributed by atoms with van der Waals surface area (Å²) in [5.74, 6) is -0.114. The fourth-order valence-electron chi connectivity index (χ4n) is 2.79. The zero-order chi connectivity index (χ0) is 15.3. The van der Waals surface area contributed by atoms with Crippen LogP contribution < -0.4 is 0 Å². The van der Waals surface area contributed by atoms with Crippen molar-refractivity contribution in [2.24, 2.45) is 0 Å². The molecule has 0 radical (unpaired) electrons. The van der Waals surface area contributed by atoms with Crippen molar-refractivity contribution >= 4 is 11.9 Å². The van der Waals surface area contributed by atoms with E-state index in [0.717, 1.165) is 32.1 Å². The topological polar surface area (TPSA) is 52.6 Å². The van der Waals surface area contributed by atoms with E-state index in [1.807, 2.05) is 0 Å². The number of hydrogen-bond acceptors (Lipinski definition) is 4. The van der Waals surface area contributed by atoms with Gasteiger partial charge < -0.3 is 9.47 Å². The van der Waals surface area contributed by atoms with Crippen LogP contribution in [-0.4, -0.2) is 25.2 Å². The molecular weight excluding hydrogens is 268 g/mol. The molecular formula is C17H30O4. The van der Waals surface area contributed by atoms with E-state index in [4.69, 9.17) is 4.74 Å². The van der Waals surface area contributed by atoms with Crippen LogP contribution in [0.1, 0.15) is 83.5 Å². The van der Waals surface area contributed by atoms with Crippen molar-refractivity contribution in [2.45, 2.75) is 89.6 Å². The van der Waals surface area contributed by atoms with Crippen molar-refractivity contribution in [1.29, 1.82) is 0 Å². The second-order valence-electron chi connectivity index (χ2n) is 5.95. The van der Waals surface area contributed by atoms with Crippen LogP contribution in [0, 0.1) is 0 Å². The third-order valence-electron chi connectivity index (χ3n) is 4.09. The first-order valence-electron chi connectivity index (χ1n) is 8.48. The van der Waals surface area contributed by atoms with Crippen LogP contribution in [0.5, 0.6) is 0 Å². The summed E-state index contributed by atoms with van der Waals surface area (Å²) in [4.78, 5) is 22.1. The maximum atomic E-state index is 11.1. The molecule has 0 amide bonds. The molecule has 1 aliphatic heterocycles. The minimum absolute atomic E-state index is 0.0156. The van der Waals surface area contributed by atoms with Crippen LogP contribution in [0.25, 0.3) is 0 Å². The molecule has 1 fully saturated rings. The van der Waals surface area contributed by atoms with Crippen molar-refractivity contribution in [3.05, 3.63) is 0 Å². The van der Waals surface area contributed by atoms with Gasteiger partial charge >= 0.3 is 11.9 Å². The molecule has 4 nitrogen and oxygen atoms in total. The standard InChI is InChI=1S/C17H30O4/c1-20-16(18)13-9-7-5-3-2-4-6-8-11-15-12-10-14-17(19)21-15/h15H,2-14H2,1H3. The summed E-state index contributed by atoms with van der Waals surface area (Å²) < 4.78 is 9.92. The van der Waals surface area contributed by atoms with Gasteiger partial charge in [-0.1, -0.05) is 38.5 Å². The Morgan fingerprint density at radius 2 is 1.71 bits per heavy atom. The number of ether oxygens (including phenoxy) is 2. The molecule has 1 rings (SSSR count). The predicted octanol–water partition coefficient (Wildman–Crippen LogP) is 4.16. The third-order valence-corrected chi connectivity index (χ3v) is 4.09. The first-order chi connectivity index (χ1) is 10.2. The molecule has 21 heavy (non-hydrogen) atoms. The highest BCUT2D eigenvalue weighted by Crippen LogP contribution is 2.20. The molecule has 1 heterocycles. The lowest BCUT2D eigenvalue weighted by Gasteiger charge is -2.21. The number of esters is 2. The molecule has 122 valence electrons. The number of cyclic esters (lactones) is 1. The fourth-order valence-corrected chi connectivity index (χ4v) is 2.79. The van der Waals surface area contributed by atoms with Gasteiger partial charge in [-0.3, -0.25) is 9.59 Å². The van der Waals surface area contributed by atoms with Crippen molar-refractivity contribution in [3.8, 4) is 0 Å². The average Bonchev–Trinajstić information content (AvgIpc) is 2.49. The first kappa shape index (κ1) is 18.0. The van der Waals surface area contributed by atoms with Crippen molar-refractivity contribution in [2.75, 3.05) is 7.11 Å². The molecule has 1 saturated heterocycles. The Balaban J connectivity index is 1.80. The molecule has 1 atom stereocenters. The Morgan fingerprint density at radius 1 is 1.10 bits per heavy atom. The molecule has 4 heteroatoms. The molecule has 0 aliphatic carbocycles. The summed E-state index contributed by atoms with van der Waals surface area (Å²) in [7, 11) is 1.44. The number of carbonyl (C=O) groups is 2. The lowest BCUT2D eigenvalue weighted by atomic mass is 10.0. The second-order valence-corrected chi connectivity index (χ2v) is 5.95. The lowest BCUT2D eigenvalue weighted by molar-refractivity contribution is -0.154. The number of hydrogen-bond donors (Lipinski definition) is 0. The normalized spacial score (nSPS) is 18.3. The lowest BCUT2D eigenvalue weighted by Crippen LogP contribution is -2.23. The van der Waals surface area contributed by atoms with Crippen LogP contribution in [-0.2, 0) is 19.1 Å². The highest BCUT2D eigenvalue weighted by molar-refractivity contribution is 5.70. The van der Waals surface area contributed by atoms with Crippen molar-refractivity contribution in [1.82, 2.24) is 0 Å². The molecule has 1 aliphatic rings. The summed E-state index contributed by atoms with van der Waals surface area (Å²) in [6, 6.07) is 0. The van der Waals surface area contributed by atoms with Crippen LogP contribution in [0.4, 0.5) is 0 Å². The molecule has 0 aromatic heterocycles. The Bertz CT molecular complexity index is 301. The maximum Gasteiger partial charge on any atom is 0.306 e. The maximum absolute atomic E-state index is 11.1. The van der Waals surface area contributed by atoms with Gasteiger partial charge in [0.15, 0.2) is 0 Å². The fraction of sp³-hybridized carbons (Fsp3) is 0.882. The van der Waals surface area contributed by atoms with E-state index >= 15 is 0 Å². The van der Waals surface area contributed by atoms with Gasteiger partial charge in [-0.2, -0.15) is 0 Å². The summed E-state index contributed by atoms with van der Waals surface area (Å²) in [6.45, 7) is 0. The Hall–Kier alpha value is -1.06. The molecule has 0 saturated carbocycles. The highest BCUT2D eigenvalue weighted by Gasteiger charge is 2.19. The molecule has 0 aromatic rings. The Kier molecular flexibility index (Phi) is 9.92. The van der Waals surface area contributed by atoms with E-state index in [0.29, 0.717) is 12.8 Å². The van der Waals surface area contributed by atoms with Crippen LogP contribution in [0.2, 0.25) is 0 Å². The van der Waals surface area contributed by atoms with Crippen molar-refractivity contribution < 1.29 is 19.1 Å². The van der Waals surface area contributed by atoms with Gasteiger partial charge in [-0.05, 0) is 32.1 Å². The monoisotopic (exact) mass is 298 g/mol. The zero-order valence-corrected chi connectivity index (χ0v) is 13.4. The number of rotatable bonds is 11. The Morgan fingerprint density at radius 3 is 2.33 bits per heavy atom. The quantitative estimate of drug-likeness (QED) is 0.424. The van der Waals surface area contributed by atoms with E-state index in [2.05, 4.69) is 4.74 Å². The second kappa shape index (κ2) is 11.6. The SMILES string of the molecule is COC(=O)CCCCCCCCCCC1CCCC(=O)O1. The van der Waals surface area contributed by atoms with Crippen molar-refractivity contribution in [3.63, 3.8) is 0 Å². The van der Waals surface area contributed by atoms with Gasteiger partial charge in [-0.25, -0.2) is 0 Å². The van der Waals surface area contributed by atoms with E-state index in [1.54, 1.807) is 0 Å². The van der Waals surface area contributed by atoms with E-state index in [9.17, 15) is 9.59 Å².